The third-order valence-corrected chi connectivity index (χ3v) is 6.50. The maximum Gasteiger partial charge on any atom is 0.149 e. The summed E-state index contributed by atoms with van der Waals surface area (Å²) in [5.74, 6) is 0. The van der Waals surface area contributed by atoms with Crippen molar-refractivity contribution in [3.05, 3.63) is 126 Å². The van der Waals surface area contributed by atoms with Gasteiger partial charge in [0.1, 0.15) is 11.2 Å². The first-order chi connectivity index (χ1) is 16.3. The van der Waals surface area contributed by atoms with Crippen molar-refractivity contribution in [1.82, 2.24) is 0 Å². The summed E-state index contributed by atoms with van der Waals surface area (Å²) in [4.78, 5) is 2.27. The van der Waals surface area contributed by atoms with Crippen molar-refractivity contribution in [2.45, 2.75) is 0 Å². The van der Waals surface area contributed by atoms with Gasteiger partial charge in [-0.1, -0.05) is 84.9 Å². The maximum absolute atomic E-state index is 6.45. The van der Waals surface area contributed by atoms with Gasteiger partial charge in [-0.05, 0) is 57.9 Å². The van der Waals surface area contributed by atoms with E-state index in [4.69, 9.17) is 4.42 Å². The molecule has 6 rings (SSSR count). The van der Waals surface area contributed by atoms with Crippen molar-refractivity contribution >= 4 is 54.9 Å². The molecule has 1 aromatic heterocycles. The van der Waals surface area contributed by atoms with E-state index in [-0.39, 0.29) is 0 Å². The minimum atomic E-state index is 0.859. The zero-order valence-corrected chi connectivity index (χ0v) is 19.4. The SMILES string of the molecule is Brc1cc(N(c2ccccc2)c2ccccc2)cc2c1oc1c(-c3ccccc3)cccc12. The molecule has 0 aliphatic carbocycles. The number of hydrogen-bond acceptors (Lipinski definition) is 2. The zero-order valence-electron chi connectivity index (χ0n) is 17.8. The third kappa shape index (κ3) is 3.51. The van der Waals surface area contributed by atoms with Gasteiger partial charge in [0.05, 0.1) is 4.47 Å². The van der Waals surface area contributed by atoms with Crippen LogP contribution in [0.4, 0.5) is 17.1 Å². The van der Waals surface area contributed by atoms with Crippen LogP contribution in [-0.4, -0.2) is 0 Å². The summed E-state index contributed by atoms with van der Waals surface area (Å²) in [6, 6.07) is 42.0. The molecule has 0 bridgehead atoms. The zero-order chi connectivity index (χ0) is 22.2. The topological polar surface area (TPSA) is 16.4 Å². The van der Waals surface area contributed by atoms with E-state index in [1.165, 1.54) is 0 Å². The minimum Gasteiger partial charge on any atom is -0.454 e. The van der Waals surface area contributed by atoms with Gasteiger partial charge in [-0.25, -0.2) is 0 Å². The number of hydrogen-bond donors (Lipinski definition) is 0. The fraction of sp³-hybridized carbons (Fsp3) is 0. The Morgan fingerprint density at radius 3 is 1.76 bits per heavy atom. The van der Waals surface area contributed by atoms with E-state index in [1.807, 2.05) is 18.2 Å². The average Bonchev–Trinajstić information content (AvgIpc) is 3.26. The average molecular weight is 490 g/mol. The standard InChI is InChI=1S/C30H20BrNO/c31-28-20-24(32(22-13-6-2-7-14-22)23-15-8-3-9-16-23)19-27-26-18-10-17-25(29(26)33-30(27)28)21-11-4-1-5-12-21/h1-20H. The maximum atomic E-state index is 6.45. The molecule has 3 heteroatoms. The van der Waals surface area contributed by atoms with Gasteiger partial charge in [0.25, 0.3) is 0 Å². The highest BCUT2D eigenvalue weighted by molar-refractivity contribution is 9.10. The van der Waals surface area contributed by atoms with Crippen LogP contribution >= 0.6 is 15.9 Å². The lowest BCUT2D eigenvalue weighted by Gasteiger charge is -2.25. The molecule has 33 heavy (non-hydrogen) atoms. The third-order valence-electron chi connectivity index (χ3n) is 5.91. The number of furan rings is 1. The Hall–Kier alpha value is -3.82. The summed E-state index contributed by atoms with van der Waals surface area (Å²) < 4.78 is 7.38. The van der Waals surface area contributed by atoms with E-state index in [2.05, 4.69) is 124 Å². The van der Waals surface area contributed by atoms with Gasteiger partial charge in [-0.2, -0.15) is 0 Å². The van der Waals surface area contributed by atoms with Crippen LogP contribution in [0, 0.1) is 0 Å². The molecule has 6 aromatic rings. The highest BCUT2D eigenvalue weighted by Gasteiger charge is 2.19. The highest BCUT2D eigenvalue weighted by Crippen LogP contribution is 2.43. The van der Waals surface area contributed by atoms with Crippen molar-refractivity contribution in [2.24, 2.45) is 0 Å². The number of para-hydroxylation sites is 3. The smallest absolute Gasteiger partial charge is 0.149 e. The summed E-state index contributed by atoms with van der Waals surface area (Å²) in [5.41, 5.74) is 7.29. The molecule has 0 fully saturated rings. The van der Waals surface area contributed by atoms with E-state index in [1.54, 1.807) is 0 Å². The lowest BCUT2D eigenvalue weighted by molar-refractivity contribution is 0.668. The van der Waals surface area contributed by atoms with Crippen LogP contribution in [-0.2, 0) is 0 Å². The van der Waals surface area contributed by atoms with E-state index < -0.39 is 0 Å². The summed E-state index contributed by atoms with van der Waals surface area (Å²) in [5, 5.41) is 2.19. The molecule has 5 aromatic carbocycles. The van der Waals surface area contributed by atoms with Crippen molar-refractivity contribution in [1.29, 1.82) is 0 Å². The van der Waals surface area contributed by atoms with Gasteiger partial charge < -0.3 is 9.32 Å². The molecule has 0 atom stereocenters. The van der Waals surface area contributed by atoms with Crippen LogP contribution in [0.5, 0.6) is 0 Å². The number of halogens is 1. The van der Waals surface area contributed by atoms with Crippen molar-refractivity contribution in [3.63, 3.8) is 0 Å². The number of nitrogens with zero attached hydrogens (tertiary/aromatic N) is 1. The molecule has 2 nitrogen and oxygen atoms in total. The molecule has 158 valence electrons. The molecular weight excluding hydrogens is 470 g/mol. The molecule has 0 aliphatic heterocycles. The Morgan fingerprint density at radius 2 is 1.12 bits per heavy atom. The molecular formula is C30H20BrNO. The predicted octanol–water partition coefficient (Wildman–Crippen LogP) is 9.49. The van der Waals surface area contributed by atoms with E-state index in [9.17, 15) is 0 Å². The second-order valence-electron chi connectivity index (χ2n) is 7.96. The predicted molar refractivity (Wildman–Crippen MR) is 142 cm³/mol. The summed E-state index contributed by atoms with van der Waals surface area (Å²) in [6.45, 7) is 0. The molecule has 0 aliphatic rings. The Morgan fingerprint density at radius 1 is 0.515 bits per heavy atom. The Labute approximate surface area is 200 Å². The van der Waals surface area contributed by atoms with Crippen LogP contribution in [0.2, 0.25) is 0 Å². The molecule has 0 saturated heterocycles. The minimum absolute atomic E-state index is 0.859. The fourth-order valence-electron chi connectivity index (χ4n) is 4.42. The number of fused-ring (bicyclic) bond motifs is 3. The van der Waals surface area contributed by atoms with E-state index >= 15 is 0 Å². The lowest BCUT2D eigenvalue weighted by atomic mass is 10.0. The normalized spacial score (nSPS) is 11.2. The van der Waals surface area contributed by atoms with Gasteiger partial charge in [0, 0.05) is 33.4 Å². The van der Waals surface area contributed by atoms with Gasteiger partial charge in [0.15, 0.2) is 0 Å². The van der Waals surface area contributed by atoms with Crippen LogP contribution in [0.1, 0.15) is 0 Å². The Balaban J connectivity index is 1.60. The van der Waals surface area contributed by atoms with Gasteiger partial charge >= 0.3 is 0 Å². The molecule has 0 spiro atoms. The molecule has 0 saturated carbocycles. The summed E-state index contributed by atoms with van der Waals surface area (Å²) in [6.07, 6.45) is 0. The Bertz CT molecular complexity index is 1520. The van der Waals surface area contributed by atoms with Crippen LogP contribution in [0.3, 0.4) is 0 Å². The van der Waals surface area contributed by atoms with Crippen molar-refractivity contribution in [3.8, 4) is 11.1 Å². The quantitative estimate of drug-likeness (QED) is 0.245. The monoisotopic (exact) mass is 489 g/mol. The molecule has 0 N–H and O–H groups in total. The molecule has 0 unspecified atom stereocenters. The van der Waals surface area contributed by atoms with Crippen LogP contribution in [0.15, 0.2) is 130 Å². The molecule has 1 heterocycles. The van der Waals surface area contributed by atoms with E-state index in [0.29, 0.717) is 0 Å². The van der Waals surface area contributed by atoms with Gasteiger partial charge in [-0.15, -0.1) is 0 Å². The van der Waals surface area contributed by atoms with Crippen molar-refractivity contribution in [2.75, 3.05) is 4.90 Å². The first kappa shape index (κ1) is 19.8. The number of rotatable bonds is 4. The summed E-state index contributed by atoms with van der Waals surface area (Å²) >= 11 is 3.80. The number of anilines is 3. The fourth-order valence-corrected chi connectivity index (χ4v) is 4.95. The summed E-state index contributed by atoms with van der Waals surface area (Å²) in [7, 11) is 0. The first-order valence-electron chi connectivity index (χ1n) is 10.9. The van der Waals surface area contributed by atoms with Crippen LogP contribution in [0.25, 0.3) is 33.1 Å². The van der Waals surface area contributed by atoms with Gasteiger partial charge in [-0.3, -0.25) is 0 Å². The second kappa shape index (κ2) is 8.27. The highest BCUT2D eigenvalue weighted by atomic mass is 79.9. The molecule has 0 amide bonds. The van der Waals surface area contributed by atoms with E-state index in [0.717, 1.165) is 54.6 Å². The largest absolute Gasteiger partial charge is 0.454 e. The van der Waals surface area contributed by atoms with Crippen molar-refractivity contribution < 1.29 is 4.42 Å². The molecule has 0 radical (unpaired) electrons. The first-order valence-corrected chi connectivity index (χ1v) is 11.7. The van der Waals surface area contributed by atoms with Gasteiger partial charge in [0.2, 0.25) is 0 Å². The lowest BCUT2D eigenvalue weighted by Crippen LogP contribution is -2.09. The number of benzene rings is 5. The van der Waals surface area contributed by atoms with Crippen LogP contribution < -0.4 is 4.90 Å². The Kier molecular flexibility index (Phi) is 4.97. The second-order valence-corrected chi connectivity index (χ2v) is 8.82.